The van der Waals surface area contributed by atoms with Gasteiger partial charge in [0.2, 0.25) is 0 Å². The zero-order valence-corrected chi connectivity index (χ0v) is 11.6. The first-order chi connectivity index (χ1) is 7.58. The molecule has 1 aliphatic rings. The van der Waals surface area contributed by atoms with Crippen LogP contribution in [0, 0.1) is 0 Å². The Hall–Kier alpha value is -1.04. The number of hydrogen-bond acceptors (Lipinski definition) is 0. The second-order valence-electron chi connectivity index (χ2n) is 4.32. The molecule has 0 amide bonds. The zero-order valence-electron chi connectivity index (χ0n) is 11.6. The van der Waals surface area contributed by atoms with Crippen LogP contribution in [0.25, 0.3) is 0 Å². The van der Waals surface area contributed by atoms with E-state index < -0.39 is 0 Å². The van der Waals surface area contributed by atoms with Gasteiger partial charge in [0.15, 0.2) is 0 Å². The van der Waals surface area contributed by atoms with E-state index in [2.05, 4.69) is 53.3 Å². The van der Waals surface area contributed by atoms with Crippen molar-refractivity contribution in [3.8, 4) is 0 Å². The second-order valence-corrected chi connectivity index (χ2v) is 4.32. The Morgan fingerprint density at radius 3 is 2.44 bits per heavy atom. The van der Waals surface area contributed by atoms with Crippen molar-refractivity contribution in [3.05, 3.63) is 47.1 Å². The van der Waals surface area contributed by atoms with Gasteiger partial charge in [-0.15, -0.1) is 0 Å². The molecule has 0 heterocycles. The summed E-state index contributed by atoms with van der Waals surface area (Å²) >= 11 is 0. The molecule has 0 saturated heterocycles. The van der Waals surface area contributed by atoms with Crippen molar-refractivity contribution in [2.45, 2.75) is 53.9 Å². The molecule has 0 aromatic carbocycles. The molecule has 0 aliphatic heterocycles. The Balaban J connectivity index is 0.000000673. The van der Waals surface area contributed by atoms with E-state index in [1.807, 2.05) is 6.08 Å². The van der Waals surface area contributed by atoms with Gasteiger partial charge in [-0.05, 0) is 50.3 Å². The van der Waals surface area contributed by atoms with E-state index in [1.54, 1.807) is 0 Å². The number of rotatable bonds is 2. The topological polar surface area (TPSA) is 0 Å². The van der Waals surface area contributed by atoms with Crippen LogP contribution in [0.1, 0.15) is 53.9 Å². The van der Waals surface area contributed by atoms with Crippen molar-refractivity contribution >= 4 is 0 Å². The molecule has 90 valence electrons. The quantitative estimate of drug-likeness (QED) is 0.530. The molecule has 0 nitrogen and oxygen atoms in total. The fraction of sp³-hybridized carbons (Fsp3) is 0.500. The molecule has 0 radical (unpaired) electrons. The highest BCUT2D eigenvalue weighted by molar-refractivity contribution is 5.45. The molecule has 0 spiro atoms. The molecule has 0 aromatic rings. The largest absolute Gasteiger partial charge is 0.0991 e. The lowest BCUT2D eigenvalue weighted by atomic mass is 9.88. The summed E-state index contributed by atoms with van der Waals surface area (Å²) < 4.78 is 0. The lowest BCUT2D eigenvalue weighted by Crippen LogP contribution is -1.97. The number of allylic oxidation sites excluding steroid dienone is 7. The monoisotopic (exact) mass is 218 g/mol. The maximum Gasteiger partial charge on any atom is -0.0239 e. The van der Waals surface area contributed by atoms with Crippen LogP contribution in [0.15, 0.2) is 47.1 Å². The molecule has 1 aliphatic carbocycles. The fourth-order valence-corrected chi connectivity index (χ4v) is 1.78. The van der Waals surface area contributed by atoms with E-state index >= 15 is 0 Å². The van der Waals surface area contributed by atoms with Crippen molar-refractivity contribution in [2.24, 2.45) is 0 Å². The molecule has 0 heteroatoms. The van der Waals surface area contributed by atoms with Gasteiger partial charge in [0.05, 0.1) is 0 Å². The van der Waals surface area contributed by atoms with Gasteiger partial charge in [-0.1, -0.05) is 50.6 Å². The van der Waals surface area contributed by atoms with Crippen molar-refractivity contribution in [1.29, 1.82) is 0 Å². The van der Waals surface area contributed by atoms with Gasteiger partial charge in [0, 0.05) is 0 Å². The van der Waals surface area contributed by atoms with Crippen LogP contribution in [0.5, 0.6) is 0 Å². The van der Waals surface area contributed by atoms with Crippen LogP contribution < -0.4 is 0 Å². The third-order valence-corrected chi connectivity index (χ3v) is 2.73. The average molecular weight is 218 g/mol. The molecule has 0 atom stereocenters. The van der Waals surface area contributed by atoms with Crippen LogP contribution in [0.2, 0.25) is 0 Å². The van der Waals surface area contributed by atoms with Crippen LogP contribution in [0.4, 0.5) is 0 Å². The summed E-state index contributed by atoms with van der Waals surface area (Å²) in [6.45, 7) is 14.5. The first-order valence-electron chi connectivity index (χ1n) is 6.24. The summed E-state index contributed by atoms with van der Waals surface area (Å²) in [5, 5.41) is 0. The highest BCUT2D eigenvalue weighted by Crippen LogP contribution is 2.29. The van der Waals surface area contributed by atoms with Crippen LogP contribution in [0.3, 0.4) is 0 Å². The fourth-order valence-electron chi connectivity index (χ4n) is 1.78. The first-order valence-corrected chi connectivity index (χ1v) is 6.24. The van der Waals surface area contributed by atoms with Crippen molar-refractivity contribution in [1.82, 2.24) is 0 Å². The van der Waals surface area contributed by atoms with E-state index in [-0.39, 0.29) is 0 Å². The molecule has 0 unspecified atom stereocenters. The smallest absolute Gasteiger partial charge is 0.0239 e. The van der Waals surface area contributed by atoms with E-state index in [9.17, 15) is 0 Å². The molecule has 0 bridgehead atoms. The molecular formula is C16H26. The minimum absolute atomic E-state index is 1.18. The van der Waals surface area contributed by atoms with Gasteiger partial charge >= 0.3 is 0 Å². The summed E-state index contributed by atoms with van der Waals surface area (Å²) in [4.78, 5) is 0. The van der Waals surface area contributed by atoms with Crippen LogP contribution >= 0.6 is 0 Å². The Morgan fingerprint density at radius 1 is 1.38 bits per heavy atom. The first kappa shape index (κ1) is 15.0. The van der Waals surface area contributed by atoms with Crippen LogP contribution in [-0.4, -0.2) is 0 Å². The van der Waals surface area contributed by atoms with E-state index in [0.717, 1.165) is 0 Å². The molecule has 0 fully saturated rings. The lowest BCUT2D eigenvalue weighted by molar-refractivity contribution is 0.925. The van der Waals surface area contributed by atoms with Gasteiger partial charge in [0.1, 0.15) is 0 Å². The lowest BCUT2D eigenvalue weighted by Gasteiger charge is -2.17. The predicted octanol–water partition coefficient (Wildman–Crippen LogP) is 5.59. The molecule has 16 heavy (non-hydrogen) atoms. The maximum atomic E-state index is 3.73. The van der Waals surface area contributed by atoms with E-state index in [1.165, 1.54) is 41.6 Å². The van der Waals surface area contributed by atoms with Crippen LogP contribution in [-0.2, 0) is 0 Å². The highest BCUT2D eigenvalue weighted by atomic mass is 14.1. The average Bonchev–Trinajstić information content (AvgIpc) is 2.23. The van der Waals surface area contributed by atoms with E-state index in [4.69, 9.17) is 0 Å². The SMILES string of the molecule is C=C/C=C(\C)C1=C(C)C(C)=CCC1.CCC. The standard InChI is InChI=1S/C13H18.C3H8/c1-5-7-11(3)13-9-6-8-10(2)12(13)4;1-3-2/h5,7-8H,1,6,9H2,2-4H3;3H2,1-2H3/b11-7+;. The minimum Gasteiger partial charge on any atom is -0.0991 e. The predicted molar refractivity (Wildman–Crippen MR) is 75.6 cm³/mol. The van der Waals surface area contributed by atoms with Crippen molar-refractivity contribution in [3.63, 3.8) is 0 Å². The molecule has 0 aromatic heterocycles. The van der Waals surface area contributed by atoms with Crippen molar-refractivity contribution < 1.29 is 0 Å². The second kappa shape index (κ2) is 8.15. The van der Waals surface area contributed by atoms with Gasteiger partial charge in [-0.25, -0.2) is 0 Å². The highest BCUT2D eigenvalue weighted by Gasteiger charge is 2.09. The molecule has 0 N–H and O–H groups in total. The summed E-state index contributed by atoms with van der Waals surface area (Å²) in [6, 6.07) is 0. The van der Waals surface area contributed by atoms with Gasteiger partial charge in [-0.3, -0.25) is 0 Å². The summed E-state index contributed by atoms with van der Waals surface area (Å²) in [7, 11) is 0. The van der Waals surface area contributed by atoms with Gasteiger partial charge in [0.25, 0.3) is 0 Å². The Morgan fingerprint density at radius 2 is 1.94 bits per heavy atom. The van der Waals surface area contributed by atoms with Crippen molar-refractivity contribution in [2.75, 3.05) is 0 Å². The van der Waals surface area contributed by atoms with E-state index in [0.29, 0.717) is 0 Å². The minimum atomic E-state index is 1.18. The maximum absolute atomic E-state index is 3.73. The van der Waals surface area contributed by atoms with Gasteiger partial charge < -0.3 is 0 Å². The molecule has 1 rings (SSSR count). The third kappa shape index (κ3) is 4.65. The zero-order chi connectivity index (χ0) is 12.6. The Bertz CT molecular complexity index is 311. The Kier molecular flexibility index (Phi) is 7.62. The summed E-state index contributed by atoms with van der Waals surface area (Å²) in [5.74, 6) is 0. The normalized spacial score (nSPS) is 16.3. The Labute approximate surface area is 101 Å². The molecule has 0 saturated carbocycles. The molecular weight excluding hydrogens is 192 g/mol. The summed E-state index contributed by atoms with van der Waals surface area (Å²) in [6.07, 6.45) is 9.89. The number of hydrogen-bond donors (Lipinski definition) is 0. The third-order valence-electron chi connectivity index (χ3n) is 2.73. The van der Waals surface area contributed by atoms with Gasteiger partial charge in [-0.2, -0.15) is 0 Å². The summed E-state index contributed by atoms with van der Waals surface area (Å²) in [5.41, 5.74) is 5.74.